The van der Waals surface area contributed by atoms with Crippen molar-refractivity contribution in [3.05, 3.63) is 15.9 Å². The Labute approximate surface area is 122 Å². The molecule has 1 amide bonds. The van der Waals surface area contributed by atoms with Crippen molar-refractivity contribution in [1.29, 1.82) is 0 Å². The lowest BCUT2D eigenvalue weighted by Gasteiger charge is -2.18. The first-order valence-electron chi connectivity index (χ1n) is 7.33. The van der Waals surface area contributed by atoms with Gasteiger partial charge in [-0.2, -0.15) is 0 Å². The van der Waals surface area contributed by atoms with Crippen molar-refractivity contribution in [3.63, 3.8) is 0 Å². The Morgan fingerprint density at radius 1 is 1.25 bits per heavy atom. The summed E-state index contributed by atoms with van der Waals surface area (Å²) in [6.45, 7) is 4.20. The topological polar surface area (TPSA) is 66.9 Å². The fourth-order valence-electron chi connectivity index (χ4n) is 3.23. The first-order chi connectivity index (χ1) is 9.58. The molecule has 110 valence electrons. The molecule has 6 heteroatoms. The number of nitrogens with one attached hydrogen (secondary N) is 2. The fraction of sp³-hybridized carbons (Fsp3) is 0.714. The van der Waals surface area contributed by atoms with Gasteiger partial charge in [0, 0.05) is 5.25 Å². The molecule has 0 unspecified atom stereocenters. The molecule has 0 bridgehead atoms. The van der Waals surface area contributed by atoms with Crippen molar-refractivity contribution in [2.45, 2.75) is 50.8 Å². The van der Waals surface area contributed by atoms with Crippen LogP contribution in [-0.2, 0) is 4.79 Å². The highest BCUT2D eigenvalue weighted by molar-refractivity contribution is 8.00. The van der Waals surface area contributed by atoms with Crippen LogP contribution in [0, 0.1) is 5.92 Å². The van der Waals surface area contributed by atoms with Crippen LogP contribution in [0.1, 0.15) is 56.4 Å². The van der Waals surface area contributed by atoms with Gasteiger partial charge >= 0.3 is 0 Å². The van der Waals surface area contributed by atoms with Crippen LogP contribution in [0.4, 0.5) is 5.82 Å². The van der Waals surface area contributed by atoms with Crippen LogP contribution in [0.5, 0.6) is 0 Å². The number of amides is 1. The molecule has 3 rings (SSSR count). The Morgan fingerprint density at radius 3 is 2.60 bits per heavy atom. The number of carbonyl (C=O) groups excluding carboxylic acids is 1. The van der Waals surface area contributed by atoms with E-state index in [1.54, 1.807) is 11.8 Å². The van der Waals surface area contributed by atoms with E-state index < -0.39 is 0 Å². The summed E-state index contributed by atoms with van der Waals surface area (Å²) in [6, 6.07) is 0.322. The summed E-state index contributed by atoms with van der Waals surface area (Å²) >= 11 is 1.57. The maximum atomic E-state index is 12.4. The lowest BCUT2D eigenvalue weighted by Crippen LogP contribution is -2.18. The van der Waals surface area contributed by atoms with Gasteiger partial charge in [-0.25, -0.2) is 0 Å². The second kappa shape index (κ2) is 5.31. The predicted octanol–water partition coefficient (Wildman–Crippen LogP) is 2.67. The molecular weight excluding hydrogens is 274 g/mol. The van der Waals surface area contributed by atoms with Crippen LogP contribution in [0.3, 0.4) is 0 Å². The molecule has 5 nitrogen and oxygen atoms in total. The van der Waals surface area contributed by atoms with Gasteiger partial charge in [-0.15, -0.1) is 11.8 Å². The maximum Gasteiger partial charge on any atom is 0.270 e. The number of anilines is 1. The summed E-state index contributed by atoms with van der Waals surface area (Å²) in [7, 11) is 0. The smallest absolute Gasteiger partial charge is 0.270 e. The molecule has 1 aromatic rings. The Kier molecular flexibility index (Phi) is 3.67. The molecule has 20 heavy (non-hydrogen) atoms. The van der Waals surface area contributed by atoms with Crippen LogP contribution in [0.2, 0.25) is 0 Å². The number of aromatic nitrogens is 2. The summed E-state index contributed by atoms with van der Waals surface area (Å²) in [6.07, 6.45) is 4.53. The zero-order valence-electron chi connectivity index (χ0n) is 11.9. The van der Waals surface area contributed by atoms with E-state index in [2.05, 4.69) is 24.3 Å². The minimum absolute atomic E-state index is 0.00912. The molecule has 2 aliphatic rings. The highest BCUT2D eigenvalue weighted by Crippen LogP contribution is 2.41. The number of aromatic amines is 1. The fourth-order valence-corrected chi connectivity index (χ4v) is 4.41. The quantitative estimate of drug-likeness (QED) is 0.881. The van der Waals surface area contributed by atoms with Crippen molar-refractivity contribution in [3.8, 4) is 0 Å². The lowest BCUT2D eigenvalue weighted by atomic mass is 10.0. The largest absolute Gasteiger partial charge is 0.310 e. The molecule has 1 aliphatic heterocycles. The summed E-state index contributed by atoms with van der Waals surface area (Å²) in [5, 5.41) is 5.99. The molecule has 0 spiro atoms. The number of rotatable bonds is 2. The first-order valence-corrected chi connectivity index (χ1v) is 8.38. The predicted molar refractivity (Wildman–Crippen MR) is 81.2 cm³/mol. The number of carbonyl (C=O) groups is 1. The van der Waals surface area contributed by atoms with E-state index in [1.165, 1.54) is 12.8 Å². The SMILES string of the molecule is CC(C)[C@H]1SCC(=O)Nc2c1c(=O)[nH]n2C1CCCC1. The highest BCUT2D eigenvalue weighted by atomic mass is 32.2. The Balaban J connectivity index is 2.10. The summed E-state index contributed by atoms with van der Waals surface area (Å²) < 4.78 is 1.92. The van der Waals surface area contributed by atoms with Gasteiger partial charge in [0.05, 0.1) is 17.4 Å². The Hall–Kier alpha value is -1.17. The number of H-pyrrole nitrogens is 1. The average Bonchev–Trinajstić information content (AvgIpc) is 2.96. The number of hydrogen-bond acceptors (Lipinski definition) is 3. The van der Waals surface area contributed by atoms with E-state index in [1.807, 2.05) is 4.68 Å². The van der Waals surface area contributed by atoms with Crippen molar-refractivity contribution in [2.24, 2.45) is 5.92 Å². The number of thioether (sulfide) groups is 1. The van der Waals surface area contributed by atoms with Crippen molar-refractivity contribution < 1.29 is 4.79 Å². The zero-order chi connectivity index (χ0) is 14.3. The molecule has 0 aromatic carbocycles. The number of fused-ring (bicyclic) bond motifs is 1. The number of hydrogen-bond donors (Lipinski definition) is 2. The zero-order valence-corrected chi connectivity index (χ0v) is 12.8. The van der Waals surface area contributed by atoms with E-state index in [0.717, 1.165) is 24.2 Å². The lowest BCUT2D eigenvalue weighted by molar-refractivity contribution is -0.113. The monoisotopic (exact) mass is 295 g/mol. The van der Waals surface area contributed by atoms with Crippen LogP contribution < -0.4 is 10.9 Å². The average molecular weight is 295 g/mol. The van der Waals surface area contributed by atoms with E-state index >= 15 is 0 Å². The molecule has 1 saturated carbocycles. The first kappa shape index (κ1) is 13.8. The van der Waals surface area contributed by atoms with E-state index in [4.69, 9.17) is 0 Å². The van der Waals surface area contributed by atoms with Gasteiger partial charge in [0.15, 0.2) is 0 Å². The van der Waals surface area contributed by atoms with Gasteiger partial charge in [0.1, 0.15) is 5.82 Å². The number of nitrogens with zero attached hydrogens (tertiary/aromatic N) is 1. The standard InChI is InChI=1S/C14H21N3O2S/c1-8(2)12-11-13(15-10(18)7-20-12)17(16-14(11)19)9-5-3-4-6-9/h8-9,12H,3-7H2,1-2H3,(H,15,18)(H,16,19)/t12-/m1/s1. The van der Waals surface area contributed by atoms with Crippen molar-refractivity contribution in [2.75, 3.05) is 11.1 Å². The van der Waals surface area contributed by atoms with E-state index in [-0.39, 0.29) is 16.7 Å². The molecule has 2 N–H and O–H groups in total. The van der Waals surface area contributed by atoms with E-state index in [9.17, 15) is 9.59 Å². The van der Waals surface area contributed by atoms with Crippen molar-refractivity contribution >= 4 is 23.5 Å². The van der Waals surface area contributed by atoms with Crippen LogP contribution in [0.25, 0.3) is 0 Å². The summed E-state index contributed by atoms with van der Waals surface area (Å²) in [5.74, 6) is 1.45. The normalized spacial score (nSPS) is 23.8. The summed E-state index contributed by atoms with van der Waals surface area (Å²) in [4.78, 5) is 24.3. The second-order valence-corrected chi connectivity index (χ2v) is 7.17. The maximum absolute atomic E-state index is 12.4. The van der Waals surface area contributed by atoms with Gasteiger partial charge < -0.3 is 5.32 Å². The van der Waals surface area contributed by atoms with Crippen LogP contribution >= 0.6 is 11.8 Å². The van der Waals surface area contributed by atoms with Gasteiger partial charge in [-0.05, 0) is 18.8 Å². The molecule has 1 aliphatic carbocycles. The molecule has 1 aromatic heterocycles. The third kappa shape index (κ3) is 2.30. The third-order valence-corrected chi connectivity index (χ3v) is 5.76. The van der Waals surface area contributed by atoms with Gasteiger partial charge in [-0.1, -0.05) is 26.7 Å². The molecule has 0 radical (unpaired) electrons. The van der Waals surface area contributed by atoms with E-state index in [0.29, 0.717) is 17.7 Å². The minimum Gasteiger partial charge on any atom is -0.310 e. The van der Waals surface area contributed by atoms with Crippen LogP contribution in [-0.4, -0.2) is 21.4 Å². The summed E-state index contributed by atoms with van der Waals surface area (Å²) in [5.41, 5.74) is 0.711. The van der Waals surface area contributed by atoms with Gasteiger partial charge in [0.25, 0.3) is 5.56 Å². The Morgan fingerprint density at radius 2 is 1.95 bits per heavy atom. The molecule has 2 heterocycles. The minimum atomic E-state index is -0.0414. The highest BCUT2D eigenvalue weighted by Gasteiger charge is 2.33. The van der Waals surface area contributed by atoms with Crippen molar-refractivity contribution in [1.82, 2.24) is 9.78 Å². The van der Waals surface area contributed by atoms with Crippen LogP contribution in [0.15, 0.2) is 4.79 Å². The molecular formula is C14H21N3O2S. The molecule has 0 saturated heterocycles. The Bertz CT molecular complexity index is 569. The van der Waals surface area contributed by atoms with Gasteiger partial charge in [-0.3, -0.25) is 19.4 Å². The molecule has 1 atom stereocenters. The second-order valence-electron chi connectivity index (χ2n) is 6.04. The van der Waals surface area contributed by atoms with Gasteiger partial charge in [0.2, 0.25) is 5.91 Å². The third-order valence-electron chi connectivity index (χ3n) is 4.19. The molecule has 1 fully saturated rings.